The van der Waals surface area contributed by atoms with E-state index in [0.29, 0.717) is 17.1 Å². The summed E-state index contributed by atoms with van der Waals surface area (Å²) in [5.74, 6) is -0.740. The molecule has 0 spiro atoms. The van der Waals surface area contributed by atoms with Gasteiger partial charge in [0.15, 0.2) is 12.4 Å². The van der Waals surface area contributed by atoms with Gasteiger partial charge in [-0.2, -0.15) is 0 Å². The van der Waals surface area contributed by atoms with Crippen molar-refractivity contribution in [1.82, 2.24) is 0 Å². The van der Waals surface area contributed by atoms with Gasteiger partial charge >= 0.3 is 11.9 Å². The lowest BCUT2D eigenvalue weighted by Crippen LogP contribution is -2.14. The summed E-state index contributed by atoms with van der Waals surface area (Å²) in [7, 11) is 0. The standard InChI is InChI=1S/C29H21NO8/c1-19-5-7-21(8-6-19)29(33)38-25-13-9-20(10-14-25)27(31)18-36-28(32)22-3-2-4-26(17-22)37-24-15-11-23(12-16-24)30(34)35/h2-17H,18H2,1H3. The molecule has 4 aromatic carbocycles. The highest BCUT2D eigenvalue weighted by atomic mass is 16.6. The molecule has 0 heterocycles. The van der Waals surface area contributed by atoms with Crippen molar-refractivity contribution in [1.29, 1.82) is 0 Å². The lowest BCUT2D eigenvalue weighted by atomic mass is 10.1. The normalized spacial score (nSPS) is 10.3. The maximum atomic E-state index is 12.5. The molecule has 38 heavy (non-hydrogen) atoms. The van der Waals surface area contributed by atoms with Crippen LogP contribution in [-0.2, 0) is 4.74 Å². The largest absolute Gasteiger partial charge is 0.457 e. The lowest BCUT2D eigenvalue weighted by Gasteiger charge is -2.08. The molecular formula is C29H21NO8. The Hall–Kier alpha value is -5.31. The number of nitro benzene ring substituents is 1. The van der Waals surface area contributed by atoms with E-state index in [9.17, 15) is 24.5 Å². The smallest absolute Gasteiger partial charge is 0.343 e. The van der Waals surface area contributed by atoms with Crippen molar-refractivity contribution in [3.05, 3.63) is 129 Å². The number of esters is 2. The van der Waals surface area contributed by atoms with Crippen molar-refractivity contribution in [2.75, 3.05) is 6.61 Å². The third-order valence-corrected chi connectivity index (χ3v) is 5.36. The quantitative estimate of drug-likeness (QED) is 0.0888. The first-order valence-electron chi connectivity index (χ1n) is 11.4. The Bertz CT molecular complexity index is 1480. The van der Waals surface area contributed by atoms with Crippen LogP contribution in [0.5, 0.6) is 17.2 Å². The molecule has 0 amide bonds. The molecule has 0 radical (unpaired) electrons. The van der Waals surface area contributed by atoms with Gasteiger partial charge < -0.3 is 14.2 Å². The maximum absolute atomic E-state index is 12.5. The molecule has 0 N–H and O–H groups in total. The third kappa shape index (κ3) is 6.67. The van der Waals surface area contributed by atoms with Crippen molar-refractivity contribution in [2.45, 2.75) is 6.92 Å². The zero-order valence-electron chi connectivity index (χ0n) is 20.2. The number of hydrogen-bond donors (Lipinski definition) is 0. The molecule has 0 saturated heterocycles. The highest BCUT2D eigenvalue weighted by Gasteiger charge is 2.14. The molecule has 4 rings (SSSR count). The first-order chi connectivity index (χ1) is 18.3. The van der Waals surface area contributed by atoms with Crippen LogP contribution in [-0.4, -0.2) is 29.3 Å². The zero-order valence-corrected chi connectivity index (χ0v) is 20.2. The van der Waals surface area contributed by atoms with Gasteiger partial charge in [0.1, 0.15) is 17.2 Å². The van der Waals surface area contributed by atoms with E-state index in [1.165, 1.54) is 60.7 Å². The monoisotopic (exact) mass is 511 g/mol. The Labute approximate surface area is 217 Å². The summed E-state index contributed by atoms with van der Waals surface area (Å²) in [5.41, 5.74) is 1.80. The third-order valence-electron chi connectivity index (χ3n) is 5.36. The van der Waals surface area contributed by atoms with E-state index in [1.807, 2.05) is 19.1 Å². The molecule has 0 fully saturated rings. The van der Waals surface area contributed by atoms with Gasteiger partial charge in [-0.1, -0.05) is 23.8 Å². The van der Waals surface area contributed by atoms with E-state index in [-0.39, 0.29) is 22.6 Å². The molecule has 0 aliphatic heterocycles. The second-order valence-electron chi connectivity index (χ2n) is 8.16. The van der Waals surface area contributed by atoms with Crippen LogP contribution < -0.4 is 9.47 Å². The average molecular weight is 511 g/mol. The molecule has 4 aromatic rings. The number of carbonyl (C=O) groups is 3. The molecule has 0 unspecified atom stereocenters. The van der Waals surface area contributed by atoms with Crippen LogP contribution in [0.2, 0.25) is 0 Å². The molecular weight excluding hydrogens is 490 g/mol. The van der Waals surface area contributed by atoms with Gasteiger partial charge in [-0.05, 0) is 73.7 Å². The van der Waals surface area contributed by atoms with E-state index in [0.717, 1.165) is 5.56 Å². The first-order valence-corrected chi connectivity index (χ1v) is 11.4. The summed E-state index contributed by atoms with van der Waals surface area (Å²) in [6.45, 7) is 1.42. The highest BCUT2D eigenvalue weighted by molar-refractivity contribution is 5.99. The molecule has 0 aromatic heterocycles. The van der Waals surface area contributed by atoms with E-state index in [2.05, 4.69) is 0 Å². The zero-order chi connectivity index (χ0) is 27.1. The second-order valence-corrected chi connectivity index (χ2v) is 8.16. The van der Waals surface area contributed by atoms with Crippen LogP contribution in [0.25, 0.3) is 0 Å². The molecule has 0 saturated carbocycles. The Kier molecular flexibility index (Phi) is 7.88. The van der Waals surface area contributed by atoms with Gasteiger partial charge in [0.2, 0.25) is 0 Å². The number of non-ortho nitro benzene ring substituents is 1. The van der Waals surface area contributed by atoms with Gasteiger partial charge in [-0.15, -0.1) is 0 Å². The van der Waals surface area contributed by atoms with Crippen molar-refractivity contribution >= 4 is 23.4 Å². The minimum atomic E-state index is -0.726. The SMILES string of the molecule is Cc1ccc(C(=O)Oc2ccc(C(=O)COC(=O)c3cccc(Oc4ccc([N+](=O)[O-])cc4)c3)cc2)cc1. The number of ether oxygens (including phenoxy) is 3. The van der Waals surface area contributed by atoms with Crippen molar-refractivity contribution in [3.63, 3.8) is 0 Å². The fourth-order valence-electron chi connectivity index (χ4n) is 3.32. The van der Waals surface area contributed by atoms with Gasteiger partial charge in [0.05, 0.1) is 16.1 Å². The van der Waals surface area contributed by atoms with E-state index in [1.54, 1.807) is 24.3 Å². The van der Waals surface area contributed by atoms with Gasteiger partial charge in [-0.25, -0.2) is 9.59 Å². The van der Waals surface area contributed by atoms with Crippen LogP contribution in [0.15, 0.2) is 97.1 Å². The number of nitro groups is 1. The average Bonchev–Trinajstić information content (AvgIpc) is 2.92. The number of rotatable bonds is 9. The van der Waals surface area contributed by atoms with Gasteiger partial charge in [0, 0.05) is 17.7 Å². The summed E-state index contributed by atoms with van der Waals surface area (Å²) in [6, 6.07) is 24.5. The Balaban J connectivity index is 1.31. The molecule has 0 atom stereocenters. The molecule has 0 aliphatic rings. The predicted molar refractivity (Wildman–Crippen MR) is 137 cm³/mol. The van der Waals surface area contributed by atoms with E-state index in [4.69, 9.17) is 14.2 Å². The molecule has 190 valence electrons. The van der Waals surface area contributed by atoms with Crippen LogP contribution in [0.3, 0.4) is 0 Å². The van der Waals surface area contributed by atoms with Crippen LogP contribution in [0.4, 0.5) is 5.69 Å². The summed E-state index contributed by atoms with van der Waals surface area (Å²) in [5, 5.41) is 10.8. The number of nitrogens with zero attached hydrogens (tertiary/aromatic N) is 1. The minimum Gasteiger partial charge on any atom is -0.457 e. The van der Waals surface area contributed by atoms with Gasteiger partial charge in [0.25, 0.3) is 5.69 Å². The van der Waals surface area contributed by atoms with Crippen molar-refractivity contribution in [2.24, 2.45) is 0 Å². The minimum absolute atomic E-state index is 0.0720. The maximum Gasteiger partial charge on any atom is 0.343 e. The molecule has 9 nitrogen and oxygen atoms in total. The number of benzene rings is 4. The summed E-state index contributed by atoms with van der Waals surface area (Å²) < 4.78 is 16.1. The number of aryl methyl sites for hydroxylation is 1. The number of carbonyl (C=O) groups excluding carboxylic acids is 3. The lowest BCUT2D eigenvalue weighted by molar-refractivity contribution is -0.384. The van der Waals surface area contributed by atoms with E-state index >= 15 is 0 Å². The topological polar surface area (TPSA) is 122 Å². The number of ketones is 1. The van der Waals surface area contributed by atoms with Crippen LogP contribution >= 0.6 is 0 Å². The predicted octanol–water partition coefficient (Wildman–Crippen LogP) is 5.95. The second kappa shape index (κ2) is 11.6. The molecule has 0 bridgehead atoms. The van der Waals surface area contributed by atoms with Crippen molar-refractivity contribution in [3.8, 4) is 17.2 Å². The Morgan fingerprint density at radius 3 is 2.00 bits per heavy atom. The first kappa shape index (κ1) is 25.8. The number of hydrogen-bond acceptors (Lipinski definition) is 8. The summed E-state index contributed by atoms with van der Waals surface area (Å²) in [6.07, 6.45) is 0. The van der Waals surface area contributed by atoms with Crippen LogP contribution in [0.1, 0.15) is 36.6 Å². The number of Topliss-reactive ketones (excluding diaryl/α,β-unsaturated/α-hetero) is 1. The fourth-order valence-corrected chi connectivity index (χ4v) is 3.32. The molecule has 9 heteroatoms. The molecule has 0 aliphatic carbocycles. The van der Waals surface area contributed by atoms with Crippen LogP contribution in [0, 0.1) is 17.0 Å². The van der Waals surface area contributed by atoms with Crippen molar-refractivity contribution < 1.29 is 33.5 Å². The van der Waals surface area contributed by atoms with E-state index < -0.39 is 29.3 Å². The fraction of sp³-hybridized carbons (Fsp3) is 0.0690. The Morgan fingerprint density at radius 1 is 0.711 bits per heavy atom. The Morgan fingerprint density at radius 2 is 1.34 bits per heavy atom. The summed E-state index contributed by atoms with van der Waals surface area (Å²) >= 11 is 0. The van der Waals surface area contributed by atoms with Gasteiger partial charge in [-0.3, -0.25) is 14.9 Å². The highest BCUT2D eigenvalue weighted by Crippen LogP contribution is 2.25. The summed E-state index contributed by atoms with van der Waals surface area (Å²) in [4.78, 5) is 47.5.